The molecule has 1 saturated heterocycles. The molecule has 1 heterocycles. The van der Waals surface area contributed by atoms with E-state index in [1.165, 1.54) is 12.8 Å². The van der Waals surface area contributed by atoms with Gasteiger partial charge in [0, 0.05) is 21.3 Å². The maximum atomic E-state index is 5.83. The molecule has 0 saturated carbocycles. The third-order valence-corrected chi connectivity index (χ3v) is 8.16. The SMILES string of the molecule is CCCC1(OC)CCCC[Si]1(OC)OC.N=C=S. The largest absolute Gasteiger partial charge is 0.396 e. The van der Waals surface area contributed by atoms with Gasteiger partial charge in [0.2, 0.25) is 0 Å². The Labute approximate surface area is 117 Å². The minimum Gasteiger partial charge on any atom is -0.396 e. The fourth-order valence-electron chi connectivity index (χ4n) is 2.92. The normalized spacial score (nSPS) is 25.8. The molecule has 1 aliphatic rings. The summed E-state index contributed by atoms with van der Waals surface area (Å²) in [5.41, 5.74) is 0. The van der Waals surface area contributed by atoms with Gasteiger partial charge in [-0.2, -0.15) is 0 Å². The minimum absolute atomic E-state index is 0.122. The van der Waals surface area contributed by atoms with Crippen LogP contribution in [0.15, 0.2) is 0 Å². The summed E-state index contributed by atoms with van der Waals surface area (Å²) >= 11 is 3.81. The molecular weight excluding hydrogens is 266 g/mol. The highest BCUT2D eigenvalue weighted by Crippen LogP contribution is 2.42. The van der Waals surface area contributed by atoms with Crippen molar-refractivity contribution in [3.05, 3.63) is 0 Å². The van der Waals surface area contributed by atoms with Gasteiger partial charge >= 0.3 is 8.56 Å². The lowest BCUT2D eigenvalue weighted by atomic mass is 10.1. The van der Waals surface area contributed by atoms with E-state index in [1.54, 1.807) is 26.5 Å². The minimum atomic E-state index is -2.15. The summed E-state index contributed by atoms with van der Waals surface area (Å²) in [7, 11) is 3.22. The Morgan fingerprint density at radius 2 is 1.83 bits per heavy atom. The zero-order valence-corrected chi connectivity index (χ0v) is 13.7. The summed E-state index contributed by atoms with van der Waals surface area (Å²) in [5.74, 6) is 0. The number of hydrogen-bond acceptors (Lipinski definition) is 5. The van der Waals surface area contributed by atoms with Crippen LogP contribution in [0.25, 0.3) is 0 Å². The number of thiocarbonyl (C=S) groups is 1. The Bertz CT molecular complexity index is 264. The van der Waals surface area contributed by atoms with E-state index in [0.29, 0.717) is 0 Å². The molecule has 1 rings (SSSR count). The lowest BCUT2D eigenvalue weighted by molar-refractivity contribution is -0.0149. The number of nitrogens with one attached hydrogen (secondary N) is 1. The fourth-order valence-corrected chi connectivity index (χ4v) is 6.91. The van der Waals surface area contributed by atoms with E-state index in [9.17, 15) is 0 Å². The Kier molecular flexibility index (Phi) is 8.85. The highest BCUT2D eigenvalue weighted by molar-refractivity contribution is 7.78. The first-order chi connectivity index (χ1) is 8.61. The van der Waals surface area contributed by atoms with E-state index in [2.05, 4.69) is 19.1 Å². The van der Waals surface area contributed by atoms with Crippen LogP contribution in [0, 0.1) is 5.41 Å². The van der Waals surface area contributed by atoms with Crippen LogP contribution in [0.2, 0.25) is 6.04 Å². The summed E-state index contributed by atoms with van der Waals surface area (Å²) < 4.78 is 17.4. The van der Waals surface area contributed by atoms with Crippen molar-refractivity contribution in [3.8, 4) is 0 Å². The summed E-state index contributed by atoms with van der Waals surface area (Å²) in [5, 5.41) is 7.23. The molecule has 0 radical (unpaired) electrons. The Hall–Kier alpha value is -0.103. The average molecular weight is 291 g/mol. The van der Waals surface area contributed by atoms with Crippen LogP contribution in [0.4, 0.5) is 0 Å². The highest BCUT2D eigenvalue weighted by Gasteiger charge is 2.58. The van der Waals surface area contributed by atoms with Crippen LogP contribution < -0.4 is 0 Å². The fraction of sp³-hybridized carbons (Fsp3) is 0.917. The standard InChI is InChI=1S/C11H24O3Si.CHNS/c1-5-8-11(12-2)9-6-7-10-15(11,13-3)14-4;2-1-3/h5-10H2,1-4H3;2H. The molecular formula is C12H25NO3SSi. The van der Waals surface area contributed by atoms with Gasteiger partial charge in [-0.15, -0.1) is 0 Å². The maximum absolute atomic E-state index is 5.83. The molecule has 6 heteroatoms. The third-order valence-electron chi connectivity index (χ3n) is 3.73. The molecule has 1 unspecified atom stereocenters. The van der Waals surface area contributed by atoms with Crippen molar-refractivity contribution >= 4 is 25.9 Å². The van der Waals surface area contributed by atoms with Crippen LogP contribution in [0.3, 0.4) is 0 Å². The molecule has 0 aromatic rings. The van der Waals surface area contributed by atoms with Crippen LogP contribution >= 0.6 is 12.2 Å². The molecule has 0 amide bonds. The molecule has 1 aliphatic heterocycles. The summed E-state index contributed by atoms with van der Waals surface area (Å²) in [6.07, 6.45) is 5.70. The smallest absolute Gasteiger partial charge is 0.370 e. The van der Waals surface area contributed by atoms with Gasteiger partial charge in [0.25, 0.3) is 0 Å². The van der Waals surface area contributed by atoms with Gasteiger partial charge in [-0.05, 0) is 31.1 Å². The molecule has 0 aromatic heterocycles. The van der Waals surface area contributed by atoms with Crippen molar-refractivity contribution in [1.29, 1.82) is 5.41 Å². The van der Waals surface area contributed by atoms with Gasteiger partial charge in [0.15, 0.2) is 0 Å². The van der Waals surface area contributed by atoms with Crippen molar-refractivity contribution < 1.29 is 13.6 Å². The molecule has 1 atom stereocenters. The maximum Gasteiger partial charge on any atom is 0.370 e. The van der Waals surface area contributed by atoms with Gasteiger partial charge in [-0.1, -0.05) is 26.2 Å². The van der Waals surface area contributed by atoms with Gasteiger partial charge in [0.1, 0.15) is 5.22 Å². The number of isothiocyanates is 1. The van der Waals surface area contributed by atoms with Gasteiger partial charge in [-0.3, -0.25) is 0 Å². The van der Waals surface area contributed by atoms with E-state index in [-0.39, 0.29) is 5.22 Å². The first kappa shape index (κ1) is 17.9. The number of ether oxygens (including phenoxy) is 1. The van der Waals surface area contributed by atoms with Crippen LogP contribution in [-0.4, -0.2) is 40.3 Å². The van der Waals surface area contributed by atoms with Crippen molar-refractivity contribution in [2.24, 2.45) is 0 Å². The summed E-state index contributed by atoms with van der Waals surface area (Å²) in [6, 6.07) is 1.06. The van der Waals surface area contributed by atoms with Crippen LogP contribution in [-0.2, 0) is 13.6 Å². The van der Waals surface area contributed by atoms with Crippen molar-refractivity contribution in [1.82, 2.24) is 0 Å². The molecule has 18 heavy (non-hydrogen) atoms. The predicted octanol–water partition coefficient (Wildman–Crippen LogP) is 3.30. The second kappa shape index (κ2) is 8.91. The first-order valence-electron chi connectivity index (χ1n) is 6.31. The lowest BCUT2D eigenvalue weighted by Gasteiger charge is -2.47. The second-order valence-electron chi connectivity index (χ2n) is 4.42. The van der Waals surface area contributed by atoms with Gasteiger partial charge in [0.05, 0.1) is 5.16 Å². The average Bonchev–Trinajstić information content (AvgIpc) is 2.40. The monoisotopic (exact) mass is 291 g/mol. The van der Waals surface area contributed by atoms with E-state index >= 15 is 0 Å². The van der Waals surface area contributed by atoms with Crippen LogP contribution in [0.5, 0.6) is 0 Å². The topological polar surface area (TPSA) is 51.5 Å². The van der Waals surface area contributed by atoms with E-state index in [1.807, 2.05) is 0 Å². The van der Waals surface area contributed by atoms with E-state index in [0.717, 1.165) is 25.3 Å². The van der Waals surface area contributed by atoms with E-state index < -0.39 is 8.56 Å². The highest BCUT2D eigenvalue weighted by atomic mass is 32.1. The quantitative estimate of drug-likeness (QED) is 0.480. The van der Waals surface area contributed by atoms with Gasteiger partial charge < -0.3 is 13.6 Å². The molecule has 106 valence electrons. The molecule has 0 aromatic carbocycles. The summed E-state index contributed by atoms with van der Waals surface area (Å²) in [6.45, 7) is 2.19. The number of methoxy groups -OCH3 is 1. The number of rotatable bonds is 5. The predicted molar refractivity (Wildman–Crippen MR) is 78.4 cm³/mol. The van der Waals surface area contributed by atoms with Crippen molar-refractivity contribution in [2.45, 2.75) is 50.3 Å². The van der Waals surface area contributed by atoms with Crippen LogP contribution in [0.1, 0.15) is 39.0 Å². The molecule has 1 N–H and O–H groups in total. The molecule has 1 fully saturated rings. The lowest BCUT2D eigenvalue weighted by Crippen LogP contribution is -2.64. The number of hydrogen-bond donors (Lipinski definition) is 1. The molecule has 0 bridgehead atoms. The molecule has 0 aliphatic carbocycles. The third kappa shape index (κ3) is 3.70. The molecule has 4 nitrogen and oxygen atoms in total. The first-order valence-corrected chi connectivity index (χ1v) is 8.74. The Morgan fingerprint density at radius 1 is 1.28 bits per heavy atom. The van der Waals surface area contributed by atoms with Crippen molar-refractivity contribution in [2.75, 3.05) is 21.3 Å². The zero-order chi connectivity index (χ0) is 14.1. The zero-order valence-electron chi connectivity index (χ0n) is 11.9. The van der Waals surface area contributed by atoms with E-state index in [4.69, 9.17) is 19.0 Å². The summed E-state index contributed by atoms with van der Waals surface area (Å²) in [4.78, 5) is 0. The molecule has 0 spiro atoms. The second-order valence-corrected chi connectivity index (χ2v) is 8.36. The van der Waals surface area contributed by atoms with Crippen molar-refractivity contribution in [3.63, 3.8) is 0 Å². The Morgan fingerprint density at radius 3 is 2.22 bits per heavy atom. The van der Waals surface area contributed by atoms with Gasteiger partial charge in [-0.25, -0.2) is 5.41 Å². The Balaban J connectivity index is 0.000000873.